The first kappa shape index (κ1) is 18.9. The lowest BCUT2D eigenvalue weighted by atomic mass is 9.73. The molecule has 0 radical (unpaired) electrons. The molecule has 154 valence electrons. The lowest BCUT2D eigenvalue weighted by molar-refractivity contribution is -0.135. The summed E-state index contributed by atoms with van der Waals surface area (Å²) in [5.41, 5.74) is 4.40. The van der Waals surface area contributed by atoms with E-state index in [1.54, 1.807) is 6.26 Å². The normalized spacial score (nSPS) is 24.0. The number of morpholine rings is 1. The number of hydrogen-bond donors (Lipinski definition) is 0. The minimum Gasteiger partial charge on any atom is -0.472 e. The molecule has 5 heteroatoms. The number of hydrogen-bond acceptors (Lipinski definition) is 4. The van der Waals surface area contributed by atoms with Gasteiger partial charge < -0.3 is 14.1 Å². The number of carbonyl (C=O) groups excluding carboxylic acids is 1. The molecule has 2 fully saturated rings. The van der Waals surface area contributed by atoms with Gasteiger partial charge in [-0.2, -0.15) is 0 Å². The number of amides is 1. The van der Waals surface area contributed by atoms with Gasteiger partial charge in [-0.25, -0.2) is 0 Å². The van der Waals surface area contributed by atoms with Crippen molar-refractivity contribution in [2.75, 3.05) is 39.4 Å². The fraction of sp³-hybridized carbons (Fsp3) is 0.542. The Morgan fingerprint density at radius 1 is 1.07 bits per heavy atom. The minimum atomic E-state index is 0.236. The van der Waals surface area contributed by atoms with Crippen LogP contribution >= 0.6 is 0 Å². The zero-order valence-electron chi connectivity index (χ0n) is 17.0. The van der Waals surface area contributed by atoms with Crippen LogP contribution in [0, 0.1) is 0 Å². The van der Waals surface area contributed by atoms with Crippen LogP contribution in [0.15, 0.2) is 47.3 Å². The second kappa shape index (κ2) is 7.96. The van der Waals surface area contributed by atoms with Gasteiger partial charge in [0.2, 0.25) is 5.91 Å². The fourth-order valence-corrected chi connectivity index (χ4v) is 5.62. The minimum absolute atomic E-state index is 0.236. The van der Waals surface area contributed by atoms with Gasteiger partial charge in [0.05, 0.1) is 25.7 Å². The Kier molecular flexibility index (Phi) is 5.18. The molecule has 1 aliphatic carbocycles. The van der Waals surface area contributed by atoms with Crippen LogP contribution < -0.4 is 0 Å². The van der Waals surface area contributed by atoms with Crippen LogP contribution in [-0.4, -0.2) is 55.1 Å². The van der Waals surface area contributed by atoms with Gasteiger partial charge >= 0.3 is 0 Å². The number of ether oxygens (including phenoxy) is 1. The van der Waals surface area contributed by atoms with Crippen molar-refractivity contribution in [2.24, 2.45) is 0 Å². The van der Waals surface area contributed by atoms with E-state index < -0.39 is 0 Å². The molecular weight excluding hydrogens is 364 g/mol. The Labute approximate surface area is 172 Å². The van der Waals surface area contributed by atoms with Crippen LogP contribution in [0.25, 0.3) is 0 Å². The SMILES string of the molecule is O=C(C[C@H]1CC2(CCN(Cc3ccoc3)CC2)c2ccccc21)N1CCOCC1. The van der Waals surface area contributed by atoms with Crippen molar-refractivity contribution in [2.45, 2.75) is 43.6 Å². The maximum atomic E-state index is 12.9. The summed E-state index contributed by atoms with van der Waals surface area (Å²) in [7, 11) is 0. The van der Waals surface area contributed by atoms with Gasteiger partial charge in [0, 0.05) is 31.6 Å². The molecule has 1 atom stereocenters. The molecule has 1 aromatic heterocycles. The molecule has 3 heterocycles. The Morgan fingerprint density at radius 2 is 1.86 bits per heavy atom. The summed E-state index contributed by atoms with van der Waals surface area (Å²) in [6.07, 6.45) is 7.69. The number of piperidine rings is 1. The molecule has 0 saturated carbocycles. The maximum Gasteiger partial charge on any atom is 0.223 e. The average molecular weight is 395 g/mol. The highest BCUT2D eigenvalue weighted by molar-refractivity contribution is 5.77. The van der Waals surface area contributed by atoms with Crippen LogP contribution in [0.5, 0.6) is 0 Å². The lowest BCUT2D eigenvalue weighted by Gasteiger charge is -2.40. The maximum absolute atomic E-state index is 12.9. The van der Waals surface area contributed by atoms with Gasteiger partial charge in [-0.05, 0) is 60.9 Å². The highest BCUT2D eigenvalue weighted by atomic mass is 16.5. The monoisotopic (exact) mass is 394 g/mol. The van der Waals surface area contributed by atoms with Crippen molar-refractivity contribution < 1.29 is 13.9 Å². The Morgan fingerprint density at radius 3 is 2.62 bits per heavy atom. The molecule has 1 aromatic carbocycles. The third-order valence-corrected chi connectivity index (χ3v) is 7.19. The molecule has 1 spiro atoms. The molecule has 29 heavy (non-hydrogen) atoms. The van der Waals surface area contributed by atoms with E-state index in [9.17, 15) is 4.79 Å². The van der Waals surface area contributed by atoms with Gasteiger partial charge in [0.15, 0.2) is 0 Å². The standard InChI is InChI=1S/C24H30N2O3/c27-23(26-10-13-28-14-11-26)15-20-16-24(22-4-2-1-3-21(20)22)6-8-25(9-7-24)17-19-5-12-29-18-19/h1-5,12,18,20H,6-11,13-17H2/t20-/m0/s1. The highest BCUT2D eigenvalue weighted by Crippen LogP contribution is 2.52. The molecule has 1 amide bonds. The number of fused-ring (bicyclic) bond motifs is 2. The highest BCUT2D eigenvalue weighted by Gasteiger charge is 2.45. The summed E-state index contributed by atoms with van der Waals surface area (Å²) in [5.74, 6) is 0.643. The molecular formula is C24H30N2O3. The van der Waals surface area contributed by atoms with Crippen molar-refractivity contribution in [1.82, 2.24) is 9.80 Å². The third kappa shape index (κ3) is 3.74. The topological polar surface area (TPSA) is 45.9 Å². The first-order valence-electron chi connectivity index (χ1n) is 10.9. The molecule has 5 rings (SSSR count). The summed E-state index contributed by atoms with van der Waals surface area (Å²) in [5, 5.41) is 0. The summed E-state index contributed by atoms with van der Waals surface area (Å²) in [6, 6.07) is 10.9. The summed E-state index contributed by atoms with van der Waals surface area (Å²) in [6.45, 7) is 5.98. The van der Waals surface area contributed by atoms with Crippen LogP contribution in [0.2, 0.25) is 0 Å². The number of rotatable bonds is 4. The first-order chi connectivity index (χ1) is 14.2. The second-order valence-corrected chi connectivity index (χ2v) is 8.87. The van der Waals surface area contributed by atoms with Crippen LogP contribution in [-0.2, 0) is 21.5 Å². The largest absolute Gasteiger partial charge is 0.472 e. The Hall–Kier alpha value is -2.11. The van der Waals surface area contributed by atoms with E-state index in [1.165, 1.54) is 29.5 Å². The van der Waals surface area contributed by atoms with Crippen molar-refractivity contribution >= 4 is 5.91 Å². The smallest absolute Gasteiger partial charge is 0.223 e. The Bertz CT molecular complexity index is 834. The van der Waals surface area contributed by atoms with Gasteiger partial charge in [-0.3, -0.25) is 9.69 Å². The second-order valence-electron chi connectivity index (χ2n) is 8.87. The first-order valence-corrected chi connectivity index (χ1v) is 10.9. The van der Waals surface area contributed by atoms with E-state index >= 15 is 0 Å². The zero-order chi connectivity index (χ0) is 19.7. The van der Waals surface area contributed by atoms with E-state index in [2.05, 4.69) is 35.2 Å². The third-order valence-electron chi connectivity index (χ3n) is 7.19. The fourth-order valence-electron chi connectivity index (χ4n) is 5.62. The van der Waals surface area contributed by atoms with E-state index in [0.29, 0.717) is 31.5 Å². The summed E-state index contributed by atoms with van der Waals surface area (Å²) in [4.78, 5) is 17.4. The predicted molar refractivity (Wildman–Crippen MR) is 111 cm³/mol. The van der Waals surface area contributed by atoms with E-state index in [-0.39, 0.29) is 5.41 Å². The molecule has 2 aromatic rings. The van der Waals surface area contributed by atoms with E-state index in [1.807, 2.05) is 11.2 Å². The average Bonchev–Trinajstić information content (AvgIpc) is 3.38. The molecule has 0 unspecified atom stereocenters. The molecule has 5 nitrogen and oxygen atoms in total. The van der Waals surface area contributed by atoms with Crippen molar-refractivity contribution in [3.8, 4) is 0 Å². The van der Waals surface area contributed by atoms with Crippen molar-refractivity contribution in [3.05, 3.63) is 59.5 Å². The number of benzene rings is 1. The number of nitrogens with zero attached hydrogens (tertiary/aromatic N) is 2. The van der Waals surface area contributed by atoms with Crippen LogP contribution in [0.3, 0.4) is 0 Å². The zero-order valence-corrected chi connectivity index (χ0v) is 17.0. The number of furan rings is 1. The quantitative estimate of drug-likeness (QED) is 0.796. The summed E-state index contributed by atoms with van der Waals surface area (Å²) < 4.78 is 10.6. The Balaban J connectivity index is 1.28. The van der Waals surface area contributed by atoms with E-state index in [4.69, 9.17) is 9.15 Å². The van der Waals surface area contributed by atoms with Gasteiger partial charge in [-0.1, -0.05) is 24.3 Å². The van der Waals surface area contributed by atoms with Gasteiger partial charge in [0.25, 0.3) is 0 Å². The number of carbonyl (C=O) groups is 1. The predicted octanol–water partition coefficient (Wildman–Crippen LogP) is 3.55. The van der Waals surface area contributed by atoms with Gasteiger partial charge in [0.1, 0.15) is 0 Å². The molecule has 2 saturated heterocycles. The summed E-state index contributed by atoms with van der Waals surface area (Å²) >= 11 is 0. The molecule has 0 bridgehead atoms. The van der Waals surface area contributed by atoms with Crippen LogP contribution in [0.4, 0.5) is 0 Å². The van der Waals surface area contributed by atoms with E-state index in [0.717, 1.165) is 39.1 Å². The lowest BCUT2D eigenvalue weighted by Crippen LogP contribution is -2.42. The number of likely N-dealkylation sites (tertiary alicyclic amines) is 1. The van der Waals surface area contributed by atoms with Crippen molar-refractivity contribution in [1.29, 1.82) is 0 Å². The molecule has 3 aliphatic rings. The van der Waals surface area contributed by atoms with Crippen molar-refractivity contribution in [3.63, 3.8) is 0 Å². The molecule has 2 aliphatic heterocycles. The van der Waals surface area contributed by atoms with Gasteiger partial charge in [-0.15, -0.1) is 0 Å². The molecule has 0 N–H and O–H groups in total. The van der Waals surface area contributed by atoms with Crippen LogP contribution in [0.1, 0.15) is 48.3 Å².